The molecule has 19 heavy (non-hydrogen) atoms. The van der Waals surface area contributed by atoms with Crippen molar-refractivity contribution >= 4 is 11.7 Å². The summed E-state index contributed by atoms with van der Waals surface area (Å²) in [7, 11) is 0. The number of amides is 1. The van der Waals surface area contributed by atoms with Crippen molar-refractivity contribution in [3.8, 4) is 0 Å². The van der Waals surface area contributed by atoms with E-state index in [9.17, 15) is 4.79 Å². The molecule has 0 spiro atoms. The first-order valence-electron chi connectivity index (χ1n) is 6.68. The van der Waals surface area contributed by atoms with Crippen LogP contribution in [0.3, 0.4) is 0 Å². The van der Waals surface area contributed by atoms with Gasteiger partial charge in [0.2, 0.25) is 0 Å². The summed E-state index contributed by atoms with van der Waals surface area (Å²) in [6.07, 6.45) is 1.01. The molecule has 6 nitrogen and oxygen atoms in total. The number of hydrogen-bond donors (Lipinski definition) is 1. The number of carbonyl (C=O) groups excluding carboxylic acids is 1. The molecule has 1 saturated heterocycles. The highest BCUT2D eigenvalue weighted by Crippen LogP contribution is 2.08. The minimum atomic E-state index is -0.0779. The lowest BCUT2D eigenvalue weighted by molar-refractivity contribution is 0.0298. The van der Waals surface area contributed by atoms with Gasteiger partial charge in [0, 0.05) is 19.1 Å². The summed E-state index contributed by atoms with van der Waals surface area (Å²) in [6.45, 7) is 6.59. The SMILES string of the molecule is CCC(C)Nc1ccc(C(=O)N2CCOCC2)nn1. The highest BCUT2D eigenvalue weighted by Gasteiger charge is 2.19. The van der Waals surface area contributed by atoms with E-state index in [0.29, 0.717) is 43.9 Å². The Hall–Kier alpha value is -1.69. The van der Waals surface area contributed by atoms with Crippen LogP contribution in [0.25, 0.3) is 0 Å². The van der Waals surface area contributed by atoms with Crippen molar-refractivity contribution in [1.82, 2.24) is 15.1 Å². The number of ether oxygens (including phenoxy) is 1. The number of nitrogens with zero attached hydrogens (tertiary/aromatic N) is 3. The van der Waals surface area contributed by atoms with Crippen LogP contribution in [-0.2, 0) is 4.74 Å². The van der Waals surface area contributed by atoms with Crippen LogP contribution in [0.5, 0.6) is 0 Å². The Morgan fingerprint density at radius 3 is 2.74 bits per heavy atom. The average Bonchev–Trinajstić information content (AvgIpc) is 2.48. The smallest absolute Gasteiger partial charge is 0.274 e. The van der Waals surface area contributed by atoms with Gasteiger partial charge in [-0.2, -0.15) is 0 Å². The van der Waals surface area contributed by atoms with E-state index in [0.717, 1.165) is 6.42 Å². The molecule has 1 aromatic rings. The fourth-order valence-corrected chi connectivity index (χ4v) is 1.81. The highest BCUT2D eigenvalue weighted by molar-refractivity contribution is 5.92. The van der Waals surface area contributed by atoms with Crippen LogP contribution in [0.1, 0.15) is 30.8 Å². The first kappa shape index (κ1) is 13.7. The maximum absolute atomic E-state index is 12.1. The number of carbonyl (C=O) groups is 1. The molecule has 2 heterocycles. The lowest BCUT2D eigenvalue weighted by Crippen LogP contribution is -2.41. The van der Waals surface area contributed by atoms with E-state index in [-0.39, 0.29) is 5.91 Å². The molecule has 1 amide bonds. The third-order valence-electron chi connectivity index (χ3n) is 3.19. The van der Waals surface area contributed by atoms with Crippen molar-refractivity contribution in [3.05, 3.63) is 17.8 Å². The molecule has 104 valence electrons. The number of nitrogens with one attached hydrogen (secondary N) is 1. The van der Waals surface area contributed by atoms with E-state index in [1.807, 2.05) is 0 Å². The molecular formula is C13H20N4O2. The second kappa shape index (κ2) is 6.47. The number of anilines is 1. The number of morpholine rings is 1. The number of hydrogen-bond acceptors (Lipinski definition) is 5. The lowest BCUT2D eigenvalue weighted by Gasteiger charge is -2.26. The second-order valence-electron chi connectivity index (χ2n) is 4.66. The van der Waals surface area contributed by atoms with Gasteiger partial charge in [-0.15, -0.1) is 10.2 Å². The number of rotatable bonds is 4. The van der Waals surface area contributed by atoms with E-state index in [1.54, 1.807) is 17.0 Å². The Labute approximate surface area is 113 Å². The van der Waals surface area contributed by atoms with Gasteiger partial charge in [0.05, 0.1) is 13.2 Å². The van der Waals surface area contributed by atoms with Crippen LogP contribution in [0, 0.1) is 0 Å². The Balaban J connectivity index is 1.99. The van der Waals surface area contributed by atoms with Crippen LogP contribution in [-0.4, -0.2) is 53.3 Å². The summed E-state index contributed by atoms with van der Waals surface area (Å²) in [5.41, 5.74) is 0.386. The largest absolute Gasteiger partial charge is 0.378 e. The van der Waals surface area contributed by atoms with E-state index in [1.165, 1.54) is 0 Å². The van der Waals surface area contributed by atoms with Gasteiger partial charge in [-0.3, -0.25) is 4.79 Å². The molecule has 1 aliphatic heterocycles. The Bertz CT molecular complexity index is 415. The minimum absolute atomic E-state index is 0.0779. The summed E-state index contributed by atoms with van der Waals surface area (Å²) in [4.78, 5) is 13.9. The zero-order valence-electron chi connectivity index (χ0n) is 11.4. The highest BCUT2D eigenvalue weighted by atomic mass is 16.5. The summed E-state index contributed by atoms with van der Waals surface area (Å²) in [5.74, 6) is 0.624. The molecule has 1 N–H and O–H groups in total. The van der Waals surface area contributed by atoms with Crippen molar-refractivity contribution in [2.75, 3.05) is 31.6 Å². The molecule has 0 aliphatic carbocycles. The van der Waals surface area contributed by atoms with Gasteiger partial charge in [-0.05, 0) is 25.5 Å². The standard InChI is InChI=1S/C13H20N4O2/c1-3-10(2)14-12-5-4-11(15-16-12)13(18)17-6-8-19-9-7-17/h4-5,10H,3,6-9H2,1-2H3,(H,14,16). The van der Waals surface area contributed by atoms with Crippen LogP contribution >= 0.6 is 0 Å². The second-order valence-corrected chi connectivity index (χ2v) is 4.66. The van der Waals surface area contributed by atoms with E-state index < -0.39 is 0 Å². The summed E-state index contributed by atoms with van der Waals surface area (Å²) in [6, 6.07) is 3.86. The normalized spacial score (nSPS) is 17.1. The molecule has 1 atom stereocenters. The summed E-state index contributed by atoms with van der Waals surface area (Å²) < 4.78 is 5.22. The molecule has 0 aromatic carbocycles. The summed E-state index contributed by atoms with van der Waals surface area (Å²) in [5, 5.41) is 11.3. The van der Waals surface area contributed by atoms with E-state index >= 15 is 0 Å². The Morgan fingerprint density at radius 2 is 2.16 bits per heavy atom. The Morgan fingerprint density at radius 1 is 1.42 bits per heavy atom. The minimum Gasteiger partial charge on any atom is -0.378 e. The van der Waals surface area contributed by atoms with Crippen LogP contribution < -0.4 is 5.32 Å². The maximum atomic E-state index is 12.1. The van der Waals surface area contributed by atoms with Crippen molar-refractivity contribution in [3.63, 3.8) is 0 Å². The molecule has 1 aromatic heterocycles. The quantitative estimate of drug-likeness (QED) is 0.884. The van der Waals surface area contributed by atoms with Gasteiger partial charge in [-0.25, -0.2) is 0 Å². The molecule has 0 bridgehead atoms. The molecule has 6 heteroatoms. The zero-order chi connectivity index (χ0) is 13.7. The van der Waals surface area contributed by atoms with Crippen molar-refractivity contribution in [1.29, 1.82) is 0 Å². The van der Waals surface area contributed by atoms with Crippen LogP contribution in [0.2, 0.25) is 0 Å². The Kier molecular flexibility index (Phi) is 4.68. The van der Waals surface area contributed by atoms with Gasteiger partial charge >= 0.3 is 0 Å². The van der Waals surface area contributed by atoms with E-state index in [2.05, 4.69) is 29.4 Å². The predicted molar refractivity (Wildman–Crippen MR) is 72.1 cm³/mol. The van der Waals surface area contributed by atoms with Crippen molar-refractivity contribution in [2.24, 2.45) is 0 Å². The summed E-state index contributed by atoms with van der Waals surface area (Å²) >= 11 is 0. The van der Waals surface area contributed by atoms with Crippen molar-refractivity contribution < 1.29 is 9.53 Å². The molecule has 1 unspecified atom stereocenters. The molecule has 0 radical (unpaired) electrons. The predicted octanol–water partition coefficient (Wildman–Crippen LogP) is 1.16. The van der Waals surface area contributed by atoms with Gasteiger partial charge in [-0.1, -0.05) is 6.92 Å². The number of aromatic nitrogens is 2. The molecule has 2 rings (SSSR count). The van der Waals surface area contributed by atoms with Gasteiger partial charge < -0.3 is 15.0 Å². The van der Waals surface area contributed by atoms with Gasteiger partial charge in [0.1, 0.15) is 5.82 Å². The molecule has 1 fully saturated rings. The monoisotopic (exact) mass is 264 g/mol. The van der Waals surface area contributed by atoms with Gasteiger partial charge in [0.25, 0.3) is 5.91 Å². The van der Waals surface area contributed by atoms with Crippen molar-refractivity contribution in [2.45, 2.75) is 26.3 Å². The average molecular weight is 264 g/mol. The van der Waals surface area contributed by atoms with Crippen LogP contribution in [0.15, 0.2) is 12.1 Å². The first-order valence-corrected chi connectivity index (χ1v) is 6.68. The molecule has 0 saturated carbocycles. The molecular weight excluding hydrogens is 244 g/mol. The third kappa shape index (κ3) is 3.64. The first-order chi connectivity index (χ1) is 9.20. The fourth-order valence-electron chi connectivity index (χ4n) is 1.81. The molecule has 1 aliphatic rings. The van der Waals surface area contributed by atoms with Crippen LogP contribution in [0.4, 0.5) is 5.82 Å². The maximum Gasteiger partial charge on any atom is 0.274 e. The zero-order valence-corrected chi connectivity index (χ0v) is 11.4. The van der Waals surface area contributed by atoms with E-state index in [4.69, 9.17) is 4.74 Å². The van der Waals surface area contributed by atoms with Gasteiger partial charge in [0.15, 0.2) is 5.69 Å². The fraction of sp³-hybridized carbons (Fsp3) is 0.615. The lowest BCUT2D eigenvalue weighted by atomic mass is 10.2. The third-order valence-corrected chi connectivity index (χ3v) is 3.19. The topological polar surface area (TPSA) is 67.4 Å².